The molecule has 0 bridgehead atoms. The Morgan fingerprint density at radius 3 is 2.57 bits per heavy atom. The largest absolute Gasteiger partial charge is 0.439 e. The third-order valence-corrected chi connectivity index (χ3v) is 7.13. The second kappa shape index (κ2) is 7.13. The summed E-state index contributed by atoms with van der Waals surface area (Å²) < 4.78 is 42.7. The van der Waals surface area contributed by atoms with Crippen LogP contribution in [0.2, 0.25) is 0 Å². The maximum atomic E-state index is 14.1. The monoisotopic (exact) mass is 460 g/mol. The van der Waals surface area contributed by atoms with Gasteiger partial charge in [0.1, 0.15) is 0 Å². The van der Waals surface area contributed by atoms with Gasteiger partial charge in [0, 0.05) is 10.2 Å². The van der Waals surface area contributed by atoms with Crippen molar-refractivity contribution in [2.24, 2.45) is 22.4 Å². The second-order valence-corrected chi connectivity index (χ2v) is 9.13. The minimum atomic E-state index is -5.03. The Hall–Kier alpha value is -1.41. The van der Waals surface area contributed by atoms with E-state index in [2.05, 4.69) is 21.0 Å². The van der Waals surface area contributed by atoms with Gasteiger partial charge in [0.15, 0.2) is 0 Å². The van der Waals surface area contributed by atoms with Gasteiger partial charge >= 0.3 is 6.18 Å². The summed E-state index contributed by atoms with van der Waals surface area (Å²) in [5, 5.41) is 15.2. The number of rotatable bonds is 3. The third kappa shape index (κ3) is 3.28. The molecule has 8 heteroatoms. The van der Waals surface area contributed by atoms with Gasteiger partial charge in [0.05, 0.1) is 11.5 Å². The summed E-state index contributed by atoms with van der Waals surface area (Å²) in [6.07, 6.45) is -3.02. The van der Waals surface area contributed by atoms with Crippen molar-refractivity contribution in [3.63, 3.8) is 0 Å². The highest BCUT2D eigenvalue weighted by Gasteiger charge is 2.69. The van der Waals surface area contributed by atoms with Gasteiger partial charge in [-0.25, -0.2) is 0 Å². The molecule has 0 saturated heterocycles. The van der Waals surface area contributed by atoms with Crippen molar-refractivity contribution in [2.45, 2.75) is 58.4 Å². The summed E-state index contributed by atoms with van der Waals surface area (Å²) in [6.45, 7) is 6.08. The van der Waals surface area contributed by atoms with Gasteiger partial charge in [-0.2, -0.15) is 23.3 Å². The molecular weight excluding hydrogens is 437 g/mol. The van der Waals surface area contributed by atoms with Crippen molar-refractivity contribution in [3.05, 3.63) is 34.3 Å². The van der Waals surface area contributed by atoms with E-state index < -0.39 is 23.7 Å². The van der Waals surface area contributed by atoms with Crippen LogP contribution < -0.4 is 0 Å². The molecule has 1 saturated carbocycles. The first-order valence-corrected chi connectivity index (χ1v) is 10.2. The number of hydrogen-bond donors (Lipinski definition) is 1. The zero-order valence-corrected chi connectivity index (χ0v) is 17.6. The van der Waals surface area contributed by atoms with E-state index >= 15 is 0 Å². The molecule has 1 amide bonds. The number of fused-ring (bicyclic) bond motifs is 1. The van der Waals surface area contributed by atoms with E-state index in [-0.39, 0.29) is 34.0 Å². The lowest BCUT2D eigenvalue weighted by atomic mass is 9.64. The molecule has 154 valence electrons. The Kier molecular flexibility index (Phi) is 5.42. The summed E-state index contributed by atoms with van der Waals surface area (Å²) in [7, 11) is 0. The van der Waals surface area contributed by atoms with Crippen molar-refractivity contribution < 1.29 is 23.1 Å². The fraction of sp³-hybridized carbons (Fsp3) is 0.600. The van der Waals surface area contributed by atoms with Crippen molar-refractivity contribution in [3.8, 4) is 0 Å². The lowest BCUT2D eigenvalue weighted by Crippen LogP contribution is -2.62. The minimum absolute atomic E-state index is 0.00818. The molecule has 1 aromatic carbocycles. The molecule has 28 heavy (non-hydrogen) atoms. The smallest absolute Gasteiger partial charge is 0.362 e. The van der Waals surface area contributed by atoms with Crippen molar-refractivity contribution in [1.82, 2.24) is 5.01 Å². The van der Waals surface area contributed by atoms with Crippen LogP contribution in [0.5, 0.6) is 0 Å². The fourth-order valence-electron chi connectivity index (χ4n) is 4.17. The Morgan fingerprint density at radius 2 is 2.00 bits per heavy atom. The molecule has 1 N–H and O–H groups in total. The van der Waals surface area contributed by atoms with E-state index in [0.717, 1.165) is 6.42 Å². The number of carbonyl (C=O) groups excluding carboxylic acids is 1. The van der Waals surface area contributed by atoms with E-state index in [1.54, 1.807) is 18.2 Å². The van der Waals surface area contributed by atoms with E-state index in [0.29, 0.717) is 17.3 Å². The number of nitrogens with zero attached hydrogens (tertiary/aromatic N) is 2. The highest BCUT2D eigenvalue weighted by atomic mass is 79.9. The van der Waals surface area contributed by atoms with Gasteiger partial charge in [0.2, 0.25) is 0 Å². The molecule has 3 rings (SSSR count). The van der Waals surface area contributed by atoms with Crippen LogP contribution in [-0.4, -0.2) is 33.6 Å². The molecule has 1 aliphatic carbocycles. The molecular formula is C20H24BrF3N2O2. The molecule has 0 spiro atoms. The number of carbonyl (C=O) groups is 1. The molecule has 1 aliphatic heterocycles. The van der Waals surface area contributed by atoms with Crippen molar-refractivity contribution >= 4 is 27.5 Å². The molecule has 1 aromatic rings. The average molecular weight is 461 g/mol. The minimum Gasteiger partial charge on any atom is -0.362 e. The zero-order chi connectivity index (χ0) is 20.9. The summed E-state index contributed by atoms with van der Waals surface area (Å²) >= 11 is 3.19. The van der Waals surface area contributed by atoms with Gasteiger partial charge < -0.3 is 5.11 Å². The Balaban J connectivity index is 2.03. The second-order valence-electron chi connectivity index (χ2n) is 8.28. The quantitative estimate of drug-likeness (QED) is 0.659. The van der Waals surface area contributed by atoms with Crippen LogP contribution in [-0.2, 0) is 0 Å². The number of amides is 1. The molecule has 2 aliphatic rings. The number of aliphatic hydroxyl groups is 1. The maximum absolute atomic E-state index is 14.1. The summed E-state index contributed by atoms with van der Waals surface area (Å²) in [5.74, 6) is -2.21. The standard InChI is InChI=1S/C20H24BrF3N2O2/c1-4-18(2,3)12-9-10-16-14(11-12)19(28,20(22,23)24)26(25-16)17(27)13-7-5-6-8-15(13)21/h5-8,12,14,28H,4,9-11H2,1-3H3/t12-,14+,19-/m1/s1. The van der Waals surface area contributed by atoms with Gasteiger partial charge in [-0.05, 0) is 58.7 Å². The summed E-state index contributed by atoms with van der Waals surface area (Å²) in [6, 6.07) is 6.19. The predicted molar refractivity (Wildman–Crippen MR) is 104 cm³/mol. The number of benzene rings is 1. The molecule has 0 radical (unpaired) electrons. The van der Waals surface area contributed by atoms with E-state index in [9.17, 15) is 23.1 Å². The zero-order valence-electron chi connectivity index (χ0n) is 16.1. The lowest BCUT2D eigenvalue weighted by molar-refractivity contribution is -0.314. The number of hydrazone groups is 1. The first kappa shape index (κ1) is 21.3. The number of alkyl halides is 3. The van der Waals surface area contributed by atoms with Gasteiger partial charge in [-0.15, -0.1) is 0 Å². The Morgan fingerprint density at radius 1 is 1.36 bits per heavy atom. The fourth-order valence-corrected chi connectivity index (χ4v) is 4.62. The first-order chi connectivity index (χ1) is 12.9. The Labute approximate surface area is 170 Å². The summed E-state index contributed by atoms with van der Waals surface area (Å²) in [4.78, 5) is 12.9. The molecule has 1 heterocycles. The lowest BCUT2D eigenvalue weighted by Gasteiger charge is -2.43. The topological polar surface area (TPSA) is 52.9 Å². The van der Waals surface area contributed by atoms with Crippen LogP contribution in [0.1, 0.15) is 56.8 Å². The normalized spacial score (nSPS) is 28.1. The average Bonchev–Trinajstić information content (AvgIpc) is 2.95. The third-order valence-electron chi connectivity index (χ3n) is 6.44. The molecule has 1 fully saturated rings. The van der Waals surface area contributed by atoms with Gasteiger partial charge in [0.25, 0.3) is 11.6 Å². The number of hydrogen-bond acceptors (Lipinski definition) is 3. The van der Waals surface area contributed by atoms with Gasteiger partial charge in [-0.1, -0.05) is 39.3 Å². The van der Waals surface area contributed by atoms with Crippen molar-refractivity contribution in [1.29, 1.82) is 0 Å². The molecule has 4 nitrogen and oxygen atoms in total. The highest BCUT2D eigenvalue weighted by molar-refractivity contribution is 9.10. The van der Waals surface area contributed by atoms with Crippen molar-refractivity contribution in [2.75, 3.05) is 0 Å². The van der Waals surface area contributed by atoms with Gasteiger partial charge in [-0.3, -0.25) is 4.79 Å². The Bertz CT molecular complexity index is 809. The molecule has 3 atom stereocenters. The van der Waals surface area contributed by atoms with Crippen LogP contribution in [0.3, 0.4) is 0 Å². The highest BCUT2D eigenvalue weighted by Crippen LogP contribution is 2.52. The van der Waals surface area contributed by atoms with Crippen LogP contribution in [0.25, 0.3) is 0 Å². The maximum Gasteiger partial charge on any atom is 0.439 e. The predicted octanol–water partition coefficient (Wildman–Crippen LogP) is 5.36. The summed E-state index contributed by atoms with van der Waals surface area (Å²) in [5.41, 5.74) is -3.21. The SMILES string of the molecule is CCC(C)(C)[C@@H]1CCC2=NN(C(=O)c3ccccc3Br)[C@](O)(C(F)(F)F)[C@H]2C1. The molecule has 0 unspecified atom stereocenters. The van der Waals surface area contributed by atoms with E-state index in [1.165, 1.54) is 6.07 Å². The first-order valence-electron chi connectivity index (χ1n) is 9.39. The van der Waals surface area contributed by atoms with Crippen LogP contribution in [0, 0.1) is 17.3 Å². The van der Waals surface area contributed by atoms with Crippen LogP contribution in [0.15, 0.2) is 33.8 Å². The number of halogens is 4. The molecule has 0 aromatic heterocycles. The van der Waals surface area contributed by atoms with Crippen LogP contribution in [0.4, 0.5) is 13.2 Å². The van der Waals surface area contributed by atoms with Crippen LogP contribution >= 0.6 is 15.9 Å². The van der Waals surface area contributed by atoms with E-state index in [1.807, 2.05) is 20.8 Å². The van der Waals surface area contributed by atoms with E-state index in [4.69, 9.17) is 0 Å².